The molecule has 2 aromatic rings. The summed E-state index contributed by atoms with van der Waals surface area (Å²) < 4.78 is 66.0. The zero-order valence-electron chi connectivity index (χ0n) is 12.9. The highest BCUT2D eigenvalue weighted by atomic mass is 32.2. The molecule has 1 aliphatic heterocycles. The Balaban J connectivity index is 2.12. The van der Waals surface area contributed by atoms with Crippen molar-refractivity contribution in [2.75, 3.05) is 4.31 Å². The first-order chi connectivity index (χ1) is 11.2. The van der Waals surface area contributed by atoms with Crippen LogP contribution in [0.1, 0.15) is 24.5 Å². The van der Waals surface area contributed by atoms with Crippen LogP contribution in [0.5, 0.6) is 0 Å². The van der Waals surface area contributed by atoms with E-state index >= 15 is 0 Å². The molecule has 128 valence electrons. The Morgan fingerprint density at radius 2 is 1.79 bits per heavy atom. The first-order valence-corrected chi connectivity index (χ1v) is 8.95. The predicted molar refractivity (Wildman–Crippen MR) is 85.3 cm³/mol. The lowest BCUT2D eigenvalue weighted by atomic mass is 9.99. The van der Waals surface area contributed by atoms with Crippen molar-refractivity contribution in [2.24, 2.45) is 0 Å². The van der Waals surface area contributed by atoms with Crippen LogP contribution in [-0.2, 0) is 22.6 Å². The topological polar surface area (TPSA) is 37.4 Å². The molecule has 1 heterocycles. The summed E-state index contributed by atoms with van der Waals surface area (Å²) in [7, 11) is -4.07. The van der Waals surface area contributed by atoms with E-state index in [2.05, 4.69) is 0 Å². The molecule has 0 aliphatic carbocycles. The Bertz CT molecular complexity index is 862. The third kappa shape index (κ3) is 2.88. The Morgan fingerprint density at radius 1 is 1.08 bits per heavy atom. The lowest BCUT2D eigenvalue weighted by Crippen LogP contribution is -2.42. The van der Waals surface area contributed by atoms with Crippen LogP contribution in [0.2, 0.25) is 0 Å². The molecule has 0 unspecified atom stereocenters. The predicted octanol–water partition coefficient (Wildman–Crippen LogP) is 4.24. The van der Waals surface area contributed by atoms with Crippen molar-refractivity contribution in [3.8, 4) is 0 Å². The zero-order valence-corrected chi connectivity index (χ0v) is 13.7. The molecule has 1 atom stereocenters. The van der Waals surface area contributed by atoms with Crippen LogP contribution < -0.4 is 4.31 Å². The van der Waals surface area contributed by atoms with Crippen LogP contribution in [-0.4, -0.2) is 14.5 Å². The molecular formula is C17H16F3NO2S. The number of aryl methyl sites for hydroxylation is 1. The van der Waals surface area contributed by atoms with Gasteiger partial charge in [-0.3, -0.25) is 4.31 Å². The number of alkyl halides is 3. The maximum Gasteiger partial charge on any atom is 0.416 e. The van der Waals surface area contributed by atoms with E-state index in [-0.39, 0.29) is 10.9 Å². The van der Waals surface area contributed by atoms with Crippen molar-refractivity contribution >= 4 is 15.7 Å². The average molecular weight is 355 g/mol. The molecule has 24 heavy (non-hydrogen) atoms. The molecule has 0 spiro atoms. The molecular weight excluding hydrogens is 339 g/mol. The van der Waals surface area contributed by atoms with Gasteiger partial charge in [-0.15, -0.1) is 0 Å². The number of fused-ring (bicyclic) bond motifs is 1. The van der Waals surface area contributed by atoms with Gasteiger partial charge >= 0.3 is 6.18 Å². The van der Waals surface area contributed by atoms with E-state index in [0.29, 0.717) is 18.2 Å². The summed E-state index contributed by atoms with van der Waals surface area (Å²) in [5.41, 5.74) is 0.446. The molecule has 0 saturated carbocycles. The number of hydrogen-bond acceptors (Lipinski definition) is 2. The number of anilines is 1. The highest BCUT2D eigenvalue weighted by Gasteiger charge is 2.36. The average Bonchev–Trinajstić information content (AvgIpc) is 2.53. The molecule has 0 N–H and O–H groups in total. The minimum atomic E-state index is -4.59. The summed E-state index contributed by atoms with van der Waals surface area (Å²) in [5, 5.41) is 0. The SMILES string of the molecule is C[C@H]1CCc2ccccc2N1S(=O)(=O)c1cccc(C(F)(F)F)c1. The second kappa shape index (κ2) is 5.81. The molecule has 0 radical (unpaired) electrons. The number of halogens is 3. The van der Waals surface area contributed by atoms with Crippen molar-refractivity contribution in [3.05, 3.63) is 59.7 Å². The van der Waals surface area contributed by atoms with E-state index in [1.165, 1.54) is 10.4 Å². The van der Waals surface area contributed by atoms with E-state index < -0.39 is 21.8 Å². The number of para-hydroxylation sites is 1. The van der Waals surface area contributed by atoms with Crippen molar-refractivity contribution < 1.29 is 21.6 Å². The van der Waals surface area contributed by atoms with Crippen molar-refractivity contribution in [3.63, 3.8) is 0 Å². The number of rotatable bonds is 2. The van der Waals surface area contributed by atoms with Gasteiger partial charge < -0.3 is 0 Å². The quantitative estimate of drug-likeness (QED) is 0.808. The minimum Gasteiger partial charge on any atom is -0.263 e. The summed E-state index contributed by atoms with van der Waals surface area (Å²) in [6.07, 6.45) is -3.22. The highest BCUT2D eigenvalue weighted by Crippen LogP contribution is 2.36. The molecule has 1 aliphatic rings. The summed E-state index contributed by atoms with van der Waals surface area (Å²) in [4.78, 5) is -0.346. The van der Waals surface area contributed by atoms with E-state index in [1.54, 1.807) is 19.1 Å². The van der Waals surface area contributed by atoms with Gasteiger partial charge in [-0.05, 0) is 49.6 Å². The molecule has 2 aromatic carbocycles. The van der Waals surface area contributed by atoms with Gasteiger partial charge in [0.1, 0.15) is 0 Å². The molecule has 0 saturated heterocycles. The van der Waals surface area contributed by atoms with Gasteiger partial charge in [0, 0.05) is 6.04 Å². The number of sulfonamides is 1. The molecule has 0 bridgehead atoms. The normalized spacial score (nSPS) is 18.3. The van der Waals surface area contributed by atoms with Crippen molar-refractivity contribution in [1.82, 2.24) is 0 Å². The maximum atomic E-state index is 13.0. The summed E-state index contributed by atoms with van der Waals surface area (Å²) in [6.45, 7) is 1.76. The van der Waals surface area contributed by atoms with Gasteiger partial charge in [-0.1, -0.05) is 24.3 Å². The Hall–Kier alpha value is -2.02. The Kier molecular flexibility index (Phi) is 4.07. The third-order valence-electron chi connectivity index (χ3n) is 4.18. The molecule has 0 aromatic heterocycles. The second-order valence-corrected chi connectivity index (χ2v) is 7.66. The van der Waals surface area contributed by atoms with Gasteiger partial charge in [-0.25, -0.2) is 8.42 Å². The summed E-state index contributed by atoms with van der Waals surface area (Å²) in [6, 6.07) is 10.7. The van der Waals surface area contributed by atoms with Crippen molar-refractivity contribution in [2.45, 2.75) is 36.9 Å². The van der Waals surface area contributed by atoms with Crippen LogP contribution in [0.4, 0.5) is 18.9 Å². The Morgan fingerprint density at radius 3 is 2.50 bits per heavy atom. The number of nitrogens with zero attached hydrogens (tertiary/aromatic N) is 1. The third-order valence-corrected chi connectivity index (χ3v) is 6.10. The molecule has 0 fully saturated rings. The number of benzene rings is 2. The van der Waals surface area contributed by atoms with Gasteiger partial charge in [0.2, 0.25) is 0 Å². The highest BCUT2D eigenvalue weighted by molar-refractivity contribution is 7.92. The summed E-state index contributed by atoms with van der Waals surface area (Å²) in [5.74, 6) is 0. The first-order valence-electron chi connectivity index (χ1n) is 7.51. The lowest BCUT2D eigenvalue weighted by Gasteiger charge is -2.36. The fourth-order valence-electron chi connectivity index (χ4n) is 2.97. The molecule has 3 rings (SSSR count). The van der Waals surface area contributed by atoms with Gasteiger partial charge in [0.15, 0.2) is 0 Å². The fourth-order valence-corrected chi connectivity index (χ4v) is 4.74. The van der Waals surface area contributed by atoms with Gasteiger partial charge in [0.05, 0.1) is 16.1 Å². The van der Waals surface area contributed by atoms with Gasteiger partial charge in [0.25, 0.3) is 10.0 Å². The monoisotopic (exact) mass is 355 g/mol. The first kappa shape index (κ1) is 16.8. The van der Waals surface area contributed by atoms with E-state index in [0.717, 1.165) is 24.1 Å². The van der Waals surface area contributed by atoms with Crippen LogP contribution in [0.25, 0.3) is 0 Å². The van der Waals surface area contributed by atoms with E-state index in [1.807, 2.05) is 12.1 Å². The van der Waals surface area contributed by atoms with E-state index in [9.17, 15) is 21.6 Å². The van der Waals surface area contributed by atoms with E-state index in [4.69, 9.17) is 0 Å². The largest absolute Gasteiger partial charge is 0.416 e. The zero-order chi connectivity index (χ0) is 17.5. The second-order valence-electron chi connectivity index (χ2n) is 5.84. The standard InChI is InChI=1S/C17H16F3NO2S/c1-12-9-10-13-5-2-3-8-16(13)21(12)24(22,23)15-7-4-6-14(11-15)17(18,19)20/h2-8,11-12H,9-10H2,1H3/t12-/m0/s1. The number of hydrogen-bond donors (Lipinski definition) is 0. The minimum absolute atomic E-state index is 0.320. The molecule has 0 amide bonds. The fraction of sp³-hybridized carbons (Fsp3) is 0.294. The van der Waals surface area contributed by atoms with Crippen LogP contribution in [0.3, 0.4) is 0 Å². The van der Waals surface area contributed by atoms with Crippen LogP contribution in [0.15, 0.2) is 53.4 Å². The van der Waals surface area contributed by atoms with Crippen LogP contribution >= 0.6 is 0 Å². The lowest BCUT2D eigenvalue weighted by molar-refractivity contribution is -0.137. The van der Waals surface area contributed by atoms with Crippen molar-refractivity contribution in [1.29, 1.82) is 0 Å². The van der Waals surface area contributed by atoms with Crippen LogP contribution in [0, 0.1) is 0 Å². The molecule has 3 nitrogen and oxygen atoms in total. The van der Waals surface area contributed by atoms with Gasteiger partial charge in [-0.2, -0.15) is 13.2 Å². The molecule has 7 heteroatoms. The maximum absolute atomic E-state index is 13.0. The Labute approximate surface area is 138 Å². The smallest absolute Gasteiger partial charge is 0.263 e. The summed E-state index contributed by atoms with van der Waals surface area (Å²) >= 11 is 0.